The van der Waals surface area contributed by atoms with Gasteiger partial charge >= 0.3 is 5.97 Å². The van der Waals surface area contributed by atoms with E-state index in [1.54, 1.807) is 19.1 Å². The monoisotopic (exact) mass is 274 g/mol. The first-order valence-corrected chi connectivity index (χ1v) is 6.05. The highest BCUT2D eigenvalue weighted by Crippen LogP contribution is 2.35. The number of esters is 1. The van der Waals surface area contributed by atoms with E-state index in [9.17, 15) is 20.1 Å². The number of ether oxygens (including phenoxy) is 1. The van der Waals surface area contributed by atoms with E-state index in [0.717, 1.165) is 6.07 Å². The highest BCUT2D eigenvalue weighted by atomic mass is 16.5. The first kappa shape index (κ1) is 13.7. The van der Waals surface area contributed by atoms with Crippen LogP contribution in [0, 0.1) is 0 Å². The number of rotatable bonds is 3. The Bertz CT molecular complexity index is 649. The summed E-state index contributed by atoms with van der Waals surface area (Å²) in [5.74, 6) is -1.24. The van der Waals surface area contributed by atoms with E-state index in [1.807, 2.05) is 0 Å². The molecule has 0 fully saturated rings. The van der Waals surface area contributed by atoms with E-state index in [1.165, 1.54) is 18.2 Å². The fraction of sp³-hybridized carbons (Fsp3) is 0.133. The minimum atomic E-state index is -0.691. The lowest BCUT2D eigenvalue weighted by molar-refractivity contribution is 0.0524. The summed E-state index contributed by atoms with van der Waals surface area (Å²) in [5, 5.41) is 29.0. The van der Waals surface area contributed by atoms with E-state index < -0.39 is 5.97 Å². The van der Waals surface area contributed by atoms with Gasteiger partial charge in [-0.2, -0.15) is 0 Å². The predicted molar refractivity (Wildman–Crippen MR) is 72.8 cm³/mol. The summed E-state index contributed by atoms with van der Waals surface area (Å²) in [4.78, 5) is 11.9. The number of aromatic hydroxyl groups is 3. The van der Waals surface area contributed by atoms with Crippen molar-refractivity contribution in [2.45, 2.75) is 6.92 Å². The van der Waals surface area contributed by atoms with Gasteiger partial charge in [0, 0.05) is 11.6 Å². The van der Waals surface area contributed by atoms with Crippen LogP contribution in [-0.4, -0.2) is 27.9 Å². The van der Waals surface area contributed by atoms with Crippen LogP contribution in [-0.2, 0) is 4.74 Å². The SMILES string of the molecule is CCOC(=O)c1c(O)cc(O)cc1-c1cccc(O)c1. The molecule has 5 heteroatoms. The molecule has 0 aliphatic rings. The Morgan fingerprint density at radius 3 is 2.50 bits per heavy atom. The molecule has 0 aliphatic carbocycles. The molecule has 0 amide bonds. The van der Waals surface area contributed by atoms with Gasteiger partial charge in [0.1, 0.15) is 22.8 Å². The first-order valence-electron chi connectivity index (χ1n) is 6.05. The standard InChI is InChI=1S/C15H14O5/c1-2-20-15(19)14-12(7-11(17)8-13(14)18)9-4-3-5-10(16)6-9/h3-8,16-18H,2H2,1H3. The van der Waals surface area contributed by atoms with Gasteiger partial charge in [-0.3, -0.25) is 0 Å². The molecule has 2 aromatic carbocycles. The van der Waals surface area contributed by atoms with E-state index in [2.05, 4.69) is 0 Å². The van der Waals surface area contributed by atoms with Crippen molar-refractivity contribution in [2.75, 3.05) is 6.61 Å². The highest BCUT2D eigenvalue weighted by Gasteiger charge is 2.20. The van der Waals surface area contributed by atoms with Crippen LogP contribution in [0.25, 0.3) is 11.1 Å². The smallest absolute Gasteiger partial charge is 0.342 e. The molecule has 0 spiro atoms. The quantitative estimate of drug-likeness (QED) is 0.749. The van der Waals surface area contributed by atoms with E-state index in [4.69, 9.17) is 4.74 Å². The van der Waals surface area contributed by atoms with Gasteiger partial charge in [-0.25, -0.2) is 4.79 Å². The van der Waals surface area contributed by atoms with Crippen LogP contribution in [0.3, 0.4) is 0 Å². The van der Waals surface area contributed by atoms with Crippen LogP contribution >= 0.6 is 0 Å². The number of phenols is 3. The van der Waals surface area contributed by atoms with E-state index in [0.29, 0.717) is 5.56 Å². The second kappa shape index (κ2) is 5.52. The summed E-state index contributed by atoms with van der Waals surface area (Å²) < 4.78 is 4.90. The molecule has 2 rings (SSSR count). The minimum absolute atomic E-state index is 0.0140. The number of benzene rings is 2. The fourth-order valence-corrected chi connectivity index (χ4v) is 1.93. The number of hydrogen-bond donors (Lipinski definition) is 3. The molecule has 3 N–H and O–H groups in total. The lowest BCUT2D eigenvalue weighted by Gasteiger charge is -2.12. The van der Waals surface area contributed by atoms with Gasteiger partial charge in [-0.1, -0.05) is 12.1 Å². The third-order valence-corrected chi connectivity index (χ3v) is 2.74. The van der Waals surface area contributed by atoms with Crippen LogP contribution in [0.2, 0.25) is 0 Å². The summed E-state index contributed by atoms with van der Waals surface area (Å²) in [7, 11) is 0. The molecule has 0 aliphatic heterocycles. The van der Waals surface area contributed by atoms with Crippen molar-refractivity contribution >= 4 is 5.97 Å². The van der Waals surface area contributed by atoms with Gasteiger partial charge in [0.05, 0.1) is 6.61 Å². The van der Waals surface area contributed by atoms with Crippen molar-refractivity contribution < 1.29 is 24.9 Å². The molecule has 20 heavy (non-hydrogen) atoms. The van der Waals surface area contributed by atoms with Crippen molar-refractivity contribution in [3.63, 3.8) is 0 Å². The molecule has 2 aromatic rings. The zero-order chi connectivity index (χ0) is 14.7. The van der Waals surface area contributed by atoms with Crippen LogP contribution in [0.5, 0.6) is 17.2 Å². The Morgan fingerprint density at radius 1 is 1.10 bits per heavy atom. The number of phenolic OH excluding ortho intramolecular Hbond substituents is 3. The summed E-state index contributed by atoms with van der Waals surface area (Å²) in [6.45, 7) is 1.82. The molecule has 0 unspecified atom stereocenters. The van der Waals surface area contributed by atoms with Crippen molar-refractivity contribution in [1.82, 2.24) is 0 Å². The summed E-state index contributed by atoms with van der Waals surface area (Å²) in [6, 6.07) is 8.56. The zero-order valence-corrected chi connectivity index (χ0v) is 10.8. The second-order valence-corrected chi connectivity index (χ2v) is 4.16. The highest BCUT2D eigenvalue weighted by molar-refractivity contribution is 6.00. The number of carbonyl (C=O) groups is 1. The third kappa shape index (κ3) is 2.66. The Balaban J connectivity index is 2.64. The van der Waals surface area contributed by atoms with Crippen LogP contribution < -0.4 is 0 Å². The number of hydrogen-bond acceptors (Lipinski definition) is 5. The van der Waals surface area contributed by atoms with Crippen LogP contribution in [0.4, 0.5) is 0 Å². The van der Waals surface area contributed by atoms with Gasteiger partial charge in [0.25, 0.3) is 0 Å². The second-order valence-electron chi connectivity index (χ2n) is 4.16. The van der Waals surface area contributed by atoms with Crippen molar-refractivity contribution in [3.05, 3.63) is 42.0 Å². The zero-order valence-electron chi connectivity index (χ0n) is 10.8. The molecule has 0 aromatic heterocycles. The normalized spacial score (nSPS) is 10.2. The molecule has 0 atom stereocenters. The van der Waals surface area contributed by atoms with Crippen LogP contribution in [0.1, 0.15) is 17.3 Å². The van der Waals surface area contributed by atoms with Gasteiger partial charge in [0.15, 0.2) is 0 Å². The van der Waals surface area contributed by atoms with Gasteiger partial charge in [0.2, 0.25) is 0 Å². The Hall–Kier alpha value is -2.69. The molecule has 0 bridgehead atoms. The maximum atomic E-state index is 11.9. The topological polar surface area (TPSA) is 87.0 Å². The summed E-state index contributed by atoms with van der Waals surface area (Å²) in [6.07, 6.45) is 0. The lowest BCUT2D eigenvalue weighted by atomic mass is 9.98. The van der Waals surface area contributed by atoms with E-state index in [-0.39, 0.29) is 35.0 Å². The fourth-order valence-electron chi connectivity index (χ4n) is 1.93. The molecule has 0 heterocycles. The summed E-state index contributed by atoms with van der Waals surface area (Å²) in [5.41, 5.74) is 0.728. The number of carbonyl (C=O) groups excluding carboxylic acids is 1. The molecule has 0 radical (unpaired) electrons. The third-order valence-electron chi connectivity index (χ3n) is 2.74. The Kier molecular flexibility index (Phi) is 3.79. The van der Waals surface area contributed by atoms with E-state index >= 15 is 0 Å². The van der Waals surface area contributed by atoms with Crippen molar-refractivity contribution in [1.29, 1.82) is 0 Å². The predicted octanol–water partition coefficient (Wildman–Crippen LogP) is 2.65. The molecule has 0 saturated carbocycles. The Morgan fingerprint density at radius 2 is 1.85 bits per heavy atom. The summed E-state index contributed by atoms with van der Waals surface area (Å²) >= 11 is 0. The average Bonchev–Trinajstić information content (AvgIpc) is 2.37. The molecular formula is C15H14O5. The van der Waals surface area contributed by atoms with Crippen molar-refractivity contribution in [3.8, 4) is 28.4 Å². The largest absolute Gasteiger partial charge is 0.508 e. The Labute approximate surface area is 115 Å². The van der Waals surface area contributed by atoms with Gasteiger partial charge < -0.3 is 20.1 Å². The maximum Gasteiger partial charge on any atom is 0.342 e. The lowest BCUT2D eigenvalue weighted by Crippen LogP contribution is -2.07. The first-order chi connectivity index (χ1) is 9.52. The van der Waals surface area contributed by atoms with Crippen molar-refractivity contribution in [2.24, 2.45) is 0 Å². The van der Waals surface area contributed by atoms with Gasteiger partial charge in [-0.05, 0) is 30.7 Å². The molecule has 0 saturated heterocycles. The maximum absolute atomic E-state index is 11.9. The average molecular weight is 274 g/mol. The van der Waals surface area contributed by atoms with Gasteiger partial charge in [-0.15, -0.1) is 0 Å². The molecular weight excluding hydrogens is 260 g/mol. The molecule has 5 nitrogen and oxygen atoms in total. The molecule has 104 valence electrons. The minimum Gasteiger partial charge on any atom is -0.508 e. The van der Waals surface area contributed by atoms with Crippen LogP contribution in [0.15, 0.2) is 36.4 Å².